The average Bonchev–Trinajstić information content (AvgIpc) is 3.57. The van der Waals surface area contributed by atoms with Crippen molar-refractivity contribution in [3.8, 4) is 5.69 Å². The number of hydrogen-bond donors (Lipinski definition) is 0. The molecule has 40 heavy (non-hydrogen) atoms. The van der Waals surface area contributed by atoms with Gasteiger partial charge in [-0.25, -0.2) is 9.98 Å². The van der Waals surface area contributed by atoms with E-state index in [4.69, 9.17) is 9.98 Å². The molecule has 0 saturated heterocycles. The Hall–Kier alpha value is -4.96. The van der Waals surface area contributed by atoms with Crippen LogP contribution >= 0.6 is 0 Å². The molecule has 0 amide bonds. The summed E-state index contributed by atoms with van der Waals surface area (Å²) < 4.78 is 4.50. The first-order valence-electron chi connectivity index (χ1n) is 13.7. The van der Waals surface area contributed by atoms with Crippen LogP contribution in [0.25, 0.3) is 38.4 Å². The van der Waals surface area contributed by atoms with E-state index in [1.165, 1.54) is 10.8 Å². The normalized spacial score (nSPS) is 19.0. The molecular weight excluding hydrogens is 488 g/mol. The molecule has 0 saturated carbocycles. The summed E-state index contributed by atoms with van der Waals surface area (Å²) in [6, 6.07) is 36.0. The summed E-state index contributed by atoms with van der Waals surface area (Å²) in [5.41, 5.74) is 7.04. The number of allylic oxidation sites excluding steroid dienone is 2. The molecule has 0 fully saturated rings. The van der Waals surface area contributed by atoms with E-state index in [1.807, 2.05) is 24.3 Å². The monoisotopic (exact) mass is 518 g/mol. The molecule has 0 spiro atoms. The van der Waals surface area contributed by atoms with Gasteiger partial charge in [-0.2, -0.15) is 0 Å². The number of benzene rings is 4. The lowest BCUT2D eigenvalue weighted by molar-refractivity contribution is 0.496. The molecule has 3 heterocycles. The third kappa shape index (κ3) is 4.00. The Morgan fingerprint density at radius 3 is 2.25 bits per heavy atom. The molecule has 6 aromatic rings. The second-order valence-electron chi connectivity index (χ2n) is 11.1. The minimum absolute atomic E-state index is 0.152. The van der Waals surface area contributed by atoms with Gasteiger partial charge in [0.05, 0.1) is 28.8 Å². The maximum atomic E-state index is 5.30. The Labute approximate surface area is 233 Å². The molecule has 0 bridgehead atoms. The van der Waals surface area contributed by atoms with Crippen molar-refractivity contribution < 1.29 is 0 Å². The second-order valence-corrected chi connectivity index (χ2v) is 11.1. The molecule has 7 rings (SSSR count). The highest BCUT2D eigenvalue weighted by Crippen LogP contribution is 2.36. The van der Waals surface area contributed by atoms with Crippen LogP contribution in [0.1, 0.15) is 19.4 Å². The number of fused-ring (bicyclic) bond motifs is 5. The fraction of sp³-hybridized carbons (Fsp3) is 0.111. The van der Waals surface area contributed by atoms with Crippen LogP contribution in [-0.4, -0.2) is 27.4 Å². The third-order valence-corrected chi connectivity index (χ3v) is 7.66. The van der Waals surface area contributed by atoms with Gasteiger partial charge in [0.1, 0.15) is 0 Å². The Balaban J connectivity index is 1.57. The SMILES string of the molecule is C=C1/C=C\C(C)(C)C/N=C(n2c3ccccc3c3ccc4c(ccn4-c4ccccc4)c32)\N=C/1c1ccccc1. The van der Waals surface area contributed by atoms with Crippen LogP contribution in [0.4, 0.5) is 0 Å². The summed E-state index contributed by atoms with van der Waals surface area (Å²) in [6.45, 7) is 9.43. The predicted octanol–water partition coefficient (Wildman–Crippen LogP) is 8.58. The predicted molar refractivity (Wildman–Crippen MR) is 169 cm³/mol. The Bertz CT molecular complexity index is 2000. The van der Waals surface area contributed by atoms with Crippen LogP contribution < -0.4 is 0 Å². The summed E-state index contributed by atoms with van der Waals surface area (Å²) >= 11 is 0. The first-order chi connectivity index (χ1) is 19.5. The van der Waals surface area contributed by atoms with E-state index < -0.39 is 0 Å². The van der Waals surface area contributed by atoms with E-state index in [1.54, 1.807) is 0 Å². The summed E-state index contributed by atoms with van der Waals surface area (Å²) in [4.78, 5) is 10.5. The van der Waals surface area contributed by atoms with Crippen molar-refractivity contribution in [2.45, 2.75) is 13.8 Å². The number of aliphatic imine (C=N–C) groups is 2. The standard InChI is InChI=1S/C36H30N4/c1-25-20-22-36(2,3)24-37-35(38-33(25)26-12-6-4-7-13-26)40-32-17-11-10-16-28(32)29-18-19-31-30(34(29)40)21-23-39(31)27-14-8-5-9-15-27/h4-23H,1,24H2,2-3H3/b22-20-,37-35+,38-33+. The molecule has 0 aliphatic carbocycles. The van der Waals surface area contributed by atoms with Crippen molar-refractivity contribution in [3.05, 3.63) is 139 Å². The van der Waals surface area contributed by atoms with Gasteiger partial charge in [-0.1, -0.05) is 105 Å². The maximum Gasteiger partial charge on any atom is 0.230 e. The molecule has 0 N–H and O–H groups in total. The van der Waals surface area contributed by atoms with Gasteiger partial charge in [0.2, 0.25) is 5.96 Å². The maximum absolute atomic E-state index is 5.30. The molecule has 1 aliphatic rings. The summed E-state index contributed by atoms with van der Waals surface area (Å²) in [5.74, 6) is 0.669. The molecule has 0 atom stereocenters. The Morgan fingerprint density at radius 1 is 0.725 bits per heavy atom. The first-order valence-corrected chi connectivity index (χ1v) is 13.7. The molecule has 4 heteroatoms. The van der Waals surface area contributed by atoms with Crippen molar-refractivity contribution in [1.82, 2.24) is 9.13 Å². The van der Waals surface area contributed by atoms with Crippen LogP contribution in [0.5, 0.6) is 0 Å². The van der Waals surface area contributed by atoms with Crippen LogP contribution in [-0.2, 0) is 0 Å². The Kier molecular flexibility index (Phi) is 5.64. The highest BCUT2D eigenvalue weighted by molar-refractivity contribution is 6.24. The molecule has 2 aromatic heterocycles. The van der Waals surface area contributed by atoms with E-state index in [0.717, 1.165) is 44.5 Å². The van der Waals surface area contributed by atoms with E-state index >= 15 is 0 Å². The molecule has 0 unspecified atom stereocenters. The summed E-state index contributed by atoms with van der Waals surface area (Å²) in [7, 11) is 0. The zero-order chi connectivity index (χ0) is 27.3. The minimum Gasteiger partial charge on any atom is -0.316 e. The van der Waals surface area contributed by atoms with Crippen LogP contribution in [0.2, 0.25) is 0 Å². The highest BCUT2D eigenvalue weighted by atomic mass is 15.2. The first kappa shape index (κ1) is 24.1. The molecule has 4 aromatic carbocycles. The van der Waals surface area contributed by atoms with Crippen LogP contribution in [0.3, 0.4) is 0 Å². The zero-order valence-electron chi connectivity index (χ0n) is 22.8. The van der Waals surface area contributed by atoms with Gasteiger partial charge in [0, 0.05) is 39.0 Å². The van der Waals surface area contributed by atoms with E-state index in [0.29, 0.717) is 12.5 Å². The third-order valence-electron chi connectivity index (χ3n) is 7.66. The number of aromatic nitrogens is 2. The van der Waals surface area contributed by atoms with Gasteiger partial charge in [-0.15, -0.1) is 0 Å². The molecular formula is C36H30N4. The van der Waals surface area contributed by atoms with Gasteiger partial charge in [0.15, 0.2) is 0 Å². The topological polar surface area (TPSA) is 34.6 Å². The van der Waals surface area contributed by atoms with E-state index in [9.17, 15) is 0 Å². The number of nitrogens with zero attached hydrogens (tertiary/aromatic N) is 4. The highest BCUT2D eigenvalue weighted by Gasteiger charge is 2.22. The number of rotatable bonds is 2. The van der Waals surface area contributed by atoms with Crippen LogP contribution in [0.15, 0.2) is 144 Å². The quantitative estimate of drug-likeness (QED) is 0.220. The van der Waals surface area contributed by atoms with Crippen molar-refractivity contribution in [2.24, 2.45) is 15.4 Å². The van der Waals surface area contributed by atoms with Gasteiger partial charge in [-0.05, 0) is 35.9 Å². The molecule has 194 valence electrons. The van der Waals surface area contributed by atoms with Gasteiger partial charge >= 0.3 is 0 Å². The average molecular weight is 519 g/mol. The van der Waals surface area contributed by atoms with Gasteiger partial charge in [-0.3, -0.25) is 4.57 Å². The fourth-order valence-electron chi connectivity index (χ4n) is 5.60. The summed E-state index contributed by atoms with van der Waals surface area (Å²) in [6.07, 6.45) is 6.44. The largest absolute Gasteiger partial charge is 0.316 e. The molecule has 0 radical (unpaired) electrons. The van der Waals surface area contributed by atoms with Crippen molar-refractivity contribution in [1.29, 1.82) is 0 Å². The van der Waals surface area contributed by atoms with Gasteiger partial charge < -0.3 is 4.57 Å². The second kappa shape index (κ2) is 9.35. The number of hydrogen-bond acceptors (Lipinski definition) is 2. The van der Waals surface area contributed by atoms with Crippen molar-refractivity contribution in [2.75, 3.05) is 6.54 Å². The minimum atomic E-state index is -0.152. The smallest absolute Gasteiger partial charge is 0.230 e. The molecule has 4 nitrogen and oxygen atoms in total. The van der Waals surface area contributed by atoms with E-state index in [2.05, 4.69) is 127 Å². The van der Waals surface area contributed by atoms with Crippen molar-refractivity contribution >= 4 is 44.4 Å². The lowest BCUT2D eigenvalue weighted by atomic mass is 9.91. The van der Waals surface area contributed by atoms with Crippen molar-refractivity contribution in [3.63, 3.8) is 0 Å². The fourth-order valence-corrected chi connectivity index (χ4v) is 5.60. The summed E-state index contributed by atoms with van der Waals surface area (Å²) in [5, 5.41) is 3.53. The van der Waals surface area contributed by atoms with E-state index in [-0.39, 0.29) is 5.41 Å². The lowest BCUT2D eigenvalue weighted by Crippen LogP contribution is -2.17. The zero-order valence-corrected chi connectivity index (χ0v) is 22.8. The lowest BCUT2D eigenvalue weighted by Gasteiger charge is -2.17. The van der Waals surface area contributed by atoms with Crippen LogP contribution in [0, 0.1) is 5.41 Å². The van der Waals surface area contributed by atoms with Gasteiger partial charge in [0.25, 0.3) is 0 Å². The number of para-hydroxylation sites is 2. The molecule has 1 aliphatic heterocycles. The Morgan fingerprint density at radius 2 is 1.45 bits per heavy atom.